The van der Waals surface area contributed by atoms with Crippen molar-refractivity contribution in [2.45, 2.75) is 32.7 Å². The van der Waals surface area contributed by atoms with E-state index < -0.39 is 0 Å². The van der Waals surface area contributed by atoms with Crippen LogP contribution >= 0.6 is 0 Å². The van der Waals surface area contributed by atoms with Crippen LogP contribution in [0.3, 0.4) is 0 Å². The number of nitrogens with one attached hydrogen (secondary N) is 2. The van der Waals surface area contributed by atoms with Crippen molar-refractivity contribution in [1.29, 1.82) is 0 Å². The molecule has 1 saturated heterocycles. The average molecular weight is 199 g/mol. The third-order valence-corrected chi connectivity index (χ3v) is 3.05. The molecule has 3 nitrogen and oxygen atoms in total. The van der Waals surface area contributed by atoms with Crippen molar-refractivity contribution in [3.8, 4) is 0 Å². The van der Waals surface area contributed by atoms with E-state index in [1.54, 1.807) is 0 Å². The van der Waals surface area contributed by atoms with E-state index in [0.29, 0.717) is 6.04 Å². The molecule has 1 aliphatic rings. The Kier molecular flexibility index (Phi) is 6.15. The molecule has 0 aliphatic carbocycles. The monoisotopic (exact) mass is 199 g/mol. The molecule has 14 heavy (non-hydrogen) atoms. The first-order valence-corrected chi connectivity index (χ1v) is 6.03. The second-order valence-corrected chi connectivity index (χ2v) is 4.02. The van der Waals surface area contributed by atoms with Crippen molar-refractivity contribution < 1.29 is 0 Å². The van der Waals surface area contributed by atoms with E-state index in [1.807, 2.05) is 0 Å². The Morgan fingerprint density at radius 1 is 1.36 bits per heavy atom. The standard InChI is InChI=1S/C11H25N3/c1-3-14(4-2)9-8-13-11-6-5-7-12-10-11/h11-13H,3-10H2,1-2H3. The quantitative estimate of drug-likeness (QED) is 0.658. The zero-order valence-corrected chi connectivity index (χ0v) is 9.68. The van der Waals surface area contributed by atoms with Gasteiger partial charge in [0.2, 0.25) is 0 Å². The third kappa shape index (κ3) is 4.40. The number of likely N-dealkylation sites (N-methyl/N-ethyl adjacent to an activating group) is 1. The van der Waals surface area contributed by atoms with E-state index >= 15 is 0 Å². The highest BCUT2D eigenvalue weighted by molar-refractivity contribution is 4.75. The van der Waals surface area contributed by atoms with Crippen molar-refractivity contribution in [3.05, 3.63) is 0 Å². The van der Waals surface area contributed by atoms with Crippen LogP contribution in [-0.2, 0) is 0 Å². The molecule has 1 rings (SSSR count). The van der Waals surface area contributed by atoms with Crippen LogP contribution < -0.4 is 10.6 Å². The first kappa shape index (κ1) is 12.0. The average Bonchev–Trinajstić information content (AvgIpc) is 2.26. The molecule has 0 aromatic heterocycles. The van der Waals surface area contributed by atoms with Gasteiger partial charge in [0, 0.05) is 25.7 Å². The molecule has 2 N–H and O–H groups in total. The molecule has 0 radical (unpaired) electrons. The van der Waals surface area contributed by atoms with Crippen LogP contribution in [0, 0.1) is 0 Å². The molecule has 0 amide bonds. The van der Waals surface area contributed by atoms with Crippen LogP contribution in [0.25, 0.3) is 0 Å². The number of hydrogen-bond acceptors (Lipinski definition) is 3. The zero-order valence-electron chi connectivity index (χ0n) is 9.68. The minimum absolute atomic E-state index is 0.708. The van der Waals surface area contributed by atoms with Crippen LogP contribution in [0.4, 0.5) is 0 Å². The summed E-state index contributed by atoms with van der Waals surface area (Å²) in [5.74, 6) is 0. The van der Waals surface area contributed by atoms with Crippen molar-refractivity contribution in [2.75, 3.05) is 39.3 Å². The number of piperidine rings is 1. The lowest BCUT2D eigenvalue weighted by Crippen LogP contribution is -2.45. The molecule has 0 saturated carbocycles. The Morgan fingerprint density at radius 2 is 2.14 bits per heavy atom. The first-order valence-electron chi connectivity index (χ1n) is 6.03. The normalized spacial score (nSPS) is 22.9. The van der Waals surface area contributed by atoms with Crippen LogP contribution in [-0.4, -0.2) is 50.2 Å². The molecular formula is C11H25N3. The van der Waals surface area contributed by atoms with Gasteiger partial charge < -0.3 is 15.5 Å². The van der Waals surface area contributed by atoms with Crippen molar-refractivity contribution >= 4 is 0 Å². The van der Waals surface area contributed by atoms with Crippen LogP contribution in [0.15, 0.2) is 0 Å². The summed E-state index contributed by atoms with van der Waals surface area (Å²) >= 11 is 0. The van der Waals surface area contributed by atoms with Gasteiger partial charge in [0.25, 0.3) is 0 Å². The summed E-state index contributed by atoms with van der Waals surface area (Å²) in [6.07, 6.45) is 2.66. The van der Waals surface area contributed by atoms with Crippen molar-refractivity contribution in [2.24, 2.45) is 0 Å². The Hall–Kier alpha value is -0.120. The molecule has 0 aromatic carbocycles. The van der Waals surface area contributed by atoms with Gasteiger partial charge in [0.1, 0.15) is 0 Å². The Balaban J connectivity index is 2.01. The smallest absolute Gasteiger partial charge is 0.0193 e. The molecule has 1 fully saturated rings. The van der Waals surface area contributed by atoms with Crippen LogP contribution in [0.2, 0.25) is 0 Å². The van der Waals surface area contributed by atoms with Gasteiger partial charge in [-0.25, -0.2) is 0 Å². The Bertz CT molecular complexity index is 128. The van der Waals surface area contributed by atoms with Crippen LogP contribution in [0.5, 0.6) is 0 Å². The largest absolute Gasteiger partial charge is 0.315 e. The van der Waals surface area contributed by atoms with E-state index in [2.05, 4.69) is 29.4 Å². The van der Waals surface area contributed by atoms with Gasteiger partial charge in [-0.15, -0.1) is 0 Å². The molecule has 3 heteroatoms. The molecular weight excluding hydrogens is 174 g/mol. The molecule has 0 bridgehead atoms. The lowest BCUT2D eigenvalue weighted by Gasteiger charge is -2.25. The highest BCUT2D eigenvalue weighted by atomic mass is 15.1. The van der Waals surface area contributed by atoms with Crippen LogP contribution in [0.1, 0.15) is 26.7 Å². The second-order valence-electron chi connectivity index (χ2n) is 4.02. The third-order valence-electron chi connectivity index (χ3n) is 3.05. The fraction of sp³-hybridized carbons (Fsp3) is 1.00. The second kappa shape index (κ2) is 7.21. The number of hydrogen-bond donors (Lipinski definition) is 2. The van der Waals surface area contributed by atoms with Crippen molar-refractivity contribution in [3.63, 3.8) is 0 Å². The van der Waals surface area contributed by atoms with E-state index in [9.17, 15) is 0 Å². The summed E-state index contributed by atoms with van der Waals surface area (Å²) in [6.45, 7) is 11.5. The maximum atomic E-state index is 3.62. The number of nitrogens with zero attached hydrogens (tertiary/aromatic N) is 1. The molecule has 1 unspecified atom stereocenters. The summed E-state index contributed by atoms with van der Waals surface area (Å²) in [6, 6.07) is 0.708. The van der Waals surface area contributed by atoms with E-state index in [1.165, 1.54) is 39.0 Å². The minimum atomic E-state index is 0.708. The van der Waals surface area contributed by atoms with Gasteiger partial charge in [-0.1, -0.05) is 13.8 Å². The fourth-order valence-corrected chi connectivity index (χ4v) is 1.99. The summed E-state index contributed by atoms with van der Waals surface area (Å²) < 4.78 is 0. The zero-order chi connectivity index (χ0) is 10.2. The summed E-state index contributed by atoms with van der Waals surface area (Å²) in [5, 5.41) is 7.04. The highest BCUT2D eigenvalue weighted by Crippen LogP contribution is 2.00. The maximum absolute atomic E-state index is 3.62. The molecule has 84 valence electrons. The first-order chi connectivity index (χ1) is 6.86. The predicted octanol–water partition coefficient (Wildman–Crippen LogP) is 0.670. The van der Waals surface area contributed by atoms with E-state index in [0.717, 1.165) is 13.1 Å². The lowest BCUT2D eigenvalue weighted by molar-refractivity contribution is 0.288. The molecule has 1 atom stereocenters. The number of rotatable bonds is 6. The molecule has 1 aliphatic heterocycles. The fourth-order valence-electron chi connectivity index (χ4n) is 1.99. The summed E-state index contributed by atoms with van der Waals surface area (Å²) in [5.41, 5.74) is 0. The Labute approximate surface area is 88.2 Å². The summed E-state index contributed by atoms with van der Waals surface area (Å²) in [7, 11) is 0. The van der Waals surface area contributed by atoms with E-state index in [4.69, 9.17) is 0 Å². The van der Waals surface area contributed by atoms with Gasteiger partial charge in [-0.05, 0) is 32.5 Å². The predicted molar refractivity (Wildman–Crippen MR) is 61.7 cm³/mol. The lowest BCUT2D eigenvalue weighted by atomic mass is 10.1. The van der Waals surface area contributed by atoms with E-state index in [-0.39, 0.29) is 0 Å². The SMILES string of the molecule is CCN(CC)CCNC1CCCNC1. The minimum Gasteiger partial charge on any atom is -0.315 e. The van der Waals surface area contributed by atoms with Crippen molar-refractivity contribution in [1.82, 2.24) is 15.5 Å². The van der Waals surface area contributed by atoms with Gasteiger partial charge in [0.05, 0.1) is 0 Å². The summed E-state index contributed by atoms with van der Waals surface area (Å²) in [4.78, 5) is 2.46. The molecule has 0 aromatic rings. The molecule has 1 heterocycles. The van der Waals surface area contributed by atoms with Gasteiger partial charge in [-0.3, -0.25) is 0 Å². The van der Waals surface area contributed by atoms with Gasteiger partial charge >= 0.3 is 0 Å². The Morgan fingerprint density at radius 3 is 2.71 bits per heavy atom. The van der Waals surface area contributed by atoms with Gasteiger partial charge in [0.15, 0.2) is 0 Å². The topological polar surface area (TPSA) is 27.3 Å². The molecule has 0 spiro atoms. The highest BCUT2D eigenvalue weighted by Gasteiger charge is 2.11. The van der Waals surface area contributed by atoms with Gasteiger partial charge in [-0.2, -0.15) is 0 Å². The maximum Gasteiger partial charge on any atom is 0.0193 e.